The molecule has 106 valence electrons. The summed E-state index contributed by atoms with van der Waals surface area (Å²) in [7, 11) is 0. The lowest BCUT2D eigenvalue weighted by Crippen LogP contribution is -2.34. The summed E-state index contributed by atoms with van der Waals surface area (Å²) in [6.45, 7) is 2.36. The maximum Gasteiger partial charge on any atom is 0.241 e. The second-order valence-corrected chi connectivity index (χ2v) is 5.40. The fraction of sp³-hybridized carbons (Fsp3) is 0.429. The Balaban J connectivity index is 1.76. The highest BCUT2D eigenvalue weighted by Gasteiger charge is 2.25. The van der Waals surface area contributed by atoms with Gasteiger partial charge >= 0.3 is 0 Å². The first kappa shape index (κ1) is 13.5. The Hall–Kier alpha value is -1.43. The Morgan fingerprint density at radius 2 is 2.25 bits per heavy atom. The Morgan fingerprint density at radius 1 is 1.40 bits per heavy atom. The molecular weight excluding hydrogens is 276 g/mol. The molecule has 1 aliphatic rings. The van der Waals surface area contributed by atoms with Gasteiger partial charge in [0.15, 0.2) is 0 Å². The minimum absolute atomic E-state index is 0.422. The summed E-state index contributed by atoms with van der Waals surface area (Å²) in [5, 5.41) is 4.64. The van der Waals surface area contributed by atoms with E-state index in [1.807, 2.05) is 24.3 Å². The molecule has 0 radical (unpaired) electrons. The molecule has 2 N–H and O–H groups in total. The number of nitrogens with zero attached hydrogens (tertiary/aromatic N) is 3. The van der Waals surface area contributed by atoms with Crippen molar-refractivity contribution in [3.05, 3.63) is 35.2 Å². The van der Waals surface area contributed by atoms with Crippen molar-refractivity contribution >= 4 is 11.6 Å². The van der Waals surface area contributed by atoms with Gasteiger partial charge in [-0.25, -0.2) is 0 Å². The third-order valence-corrected chi connectivity index (χ3v) is 4.02. The Kier molecular flexibility index (Phi) is 4.00. The zero-order chi connectivity index (χ0) is 13.9. The van der Waals surface area contributed by atoms with Gasteiger partial charge in [-0.3, -0.25) is 4.90 Å². The van der Waals surface area contributed by atoms with E-state index in [1.165, 1.54) is 6.42 Å². The highest BCUT2D eigenvalue weighted by Crippen LogP contribution is 2.25. The molecule has 20 heavy (non-hydrogen) atoms. The van der Waals surface area contributed by atoms with Crippen molar-refractivity contribution in [3.63, 3.8) is 0 Å². The van der Waals surface area contributed by atoms with Gasteiger partial charge in [-0.1, -0.05) is 28.9 Å². The molecule has 3 rings (SSSR count). The lowest BCUT2D eigenvalue weighted by molar-refractivity contribution is 0.214. The topological polar surface area (TPSA) is 68.2 Å². The Bertz CT molecular complexity index is 586. The molecule has 2 aromatic rings. The largest absolute Gasteiger partial charge is 0.338 e. The summed E-state index contributed by atoms with van der Waals surface area (Å²) in [6.07, 6.45) is 2.31. The van der Waals surface area contributed by atoms with Crippen molar-refractivity contribution in [3.8, 4) is 11.4 Å². The van der Waals surface area contributed by atoms with Gasteiger partial charge < -0.3 is 10.3 Å². The van der Waals surface area contributed by atoms with Gasteiger partial charge in [0.05, 0.1) is 11.6 Å². The summed E-state index contributed by atoms with van der Waals surface area (Å²) in [4.78, 5) is 6.72. The lowest BCUT2D eigenvalue weighted by Gasteiger charge is -2.20. The molecule has 2 heterocycles. The maximum atomic E-state index is 6.14. The second-order valence-electron chi connectivity index (χ2n) is 4.99. The SMILES string of the molecule is NCC1CCCN1Cc1nc(-c2ccccc2Cl)no1. The van der Waals surface area contributed by atoms with E-state index >= 15 is 0 Å². The molecule has 1 aromatic heterocycles. The van der Waals surface area contributed by atoms with Crippen LogP contribution in [0.15, 0.2) is 28.8 Å². The Labute approximate surface area is 122 Å². The van der Waals surface area contributed by atoms with Gasteiger partial charge in [0.25, 0.3) is 0 Å². The first-order valence-electron chi connectivity index (χ1n) is 6.79. The van der Waals surface area contributed by atoms with Gasteiger partial charge in [-0.15, -0.1) is 0 Å². The molecule has 1 unspecified atom stereocenters. The molecule has 1 atom stereocenters. The van der Waals surface area contributed by atoms with Crippen LogP contribution in [0.3, 0.4) is 0 Å². The van der Waals surface area contributed by atoms with E-state index in [9.17, 15) is 0 Å². The number of hydrogen-bond donors (Lipinski definition) is 1. The van der Waals surface area contributed by atoms with Gasteiger partial charge in [-0.2, -0.15) is 4.98 Å². The molecule has 1 fully saturated rings. The van der Waals surface area contributed by atoms with Crippen molar-refractivity contribution < 1.29 is 4.52 Å². The van der Waals surface area contributed by atoms with Crippen LogP contribution in [0.1, 0.15) is 18.7 Å². The Morgan fingerprint density at radius 3 is 3.05 bits per heavy atom. The van der Waals surface area contributed by atoms with Crippen molar-refractivity contribution in [2.45, 2.75) is 25.4 Å². The highest BCUT2D eigenvalue weighted by atomic mass is 35.5. The molecule has 0 bridgehead atoms. The summed E-state index contributed by atoms with van der Waals surface area (Å²) >= 11 is 6.14. The number of halogens is 1. The zero-order valence-electron chi connectivity index (χ0n) is 11.1. The number of nitrogens with two attached hydrogens (primary N) is 1. The molecule has 0 amide bonds. The molecule has 6 heteroatoms. The number of likely N-dealkylation sites (tertiary alicyclic amines) is 1. The van der Waals surface area contributed by atoms with E-state index in [-0.39, 0.29) is 0 Å². The van der Waals surface area contributed by atoms with E-state index in [4.69, 9.17) is 21.9 Å². The van der Waals surface area contributed by atoms with E-state index in [0.717, 1.165) is 18.5 Å². The van der Waals surface area contributed by atoms with Crippen LogP contribution in [0.25, 0.3) is 11.4 Å². The molecule has 1 aromatic carbocycles. The van der Waals surface area contributed by atoms with Crippen LogP contribution in [-0.2, 0) is 6.54 Å². The molecule has 1 aliphatic heterocycles. The van der Waals surface area contributed by atoms with E-state index in [0.29, 0.717) is 35.9 Å². The summed E-state index contributed by atoms with van der Waals surface area (Å²) in [5.74, 6) is 1.15. The maximum absolute atomic E-state index is 6.14. The lowest BCUT2D eigenvalue weighted by atomic mass is 10.2. The van der Waals surface area contributed by atoms with Gasteiger partial charge in [0.1, 0.15) is 0 Å². The summed E-state index contributed by atoms with van der Waals surface area (Å²) < 4.78 is 5.33. The minimum Gasteiger partial charge on any atom is -0.338 e. The summed E-state index contributed by atoms with van der Waals surface area (Å²) in [6, 6.07) is 7.91. The first-order valence-corrected chi connectivity index (χ1v) is 7.17. The molecule has 5 nitrogen and oxygen atoms in total. The molecule has 0 aliphatic carbocycles. The quantitative estimate of drug-likeness (QED) is 0.936. The number of hydrogen-bond acceptors (Lipinski definition) is 5. The molecule has 1 saturated heterocycles. The van der Waals surface area contributed by atoms with Crippen LogP contribution in [0.4, 0.5) is 0 Å². The van der Waals surface area contributed by atoms with Crippen molar-refractivity contribution in [1.82, 2.24) is 15.0 Å². The minimum atomic E-state index is 0.422. The fourth-order valence-electron chi connectivity index (χ4n) is 2.62. The first-order chi connectivity index (χ1) is 9.78. The molecule has 0 saturated carbocycles. The van der Waals surface area contributed by atoms with E-state index < -0.39 is 0 Å². The third kappa shape index (κ3) is 2.70. The number of rotatable bonds is 4. The average Bonchev–Trinajstić information content (AvgIpc) is 3.09. The van der Waals surface area contributed by atoms with Gasteiger partial charge in [0, 0.05) is 18.2 Å². The molecular formula is C14H17ClN4O. The van der Waals surface area contributed by atoms with Crippen LogP contribution < -0.4 is 5.73 Å². The fourth-order valence-corrected chi connectivity index (χ4v) is 2.84. The second kappa shape index (κ2) is 5.91. The monoisotopic (exact) mass is 292 g/mol. The van der Waals surface area contributed by atoms with Crippen LogP contribution in [-0.4, -0.2) is 34.2 Å². The predicted octanol–water partition coefficient (Wildman–Crippen LogP) is 2.31. The zero-order valence-corrected chi connectivity index (χ0v) is 11.9. The smallest absolute Gasteiger partial charge is 0.241 e. The average molecular weight is 293 g/mol. The van der Waals surface area contributed by atoms with Gasteiger partial charge in [0.2, 0.25) is 11.7 Å². The van der Waals surface area contributed by atoms with Crippen molar-refractivity contribution in [2.75, 3.05) is 13.1 Å². The van der Waals surface area contributed by atoms with Crippen LogP contribution in [0.5, 0.6) is 0 Å². The predicted molar refractivity (Wildman–Crippen MR) is 77.2 cm³/mol. The van der Waals surface area contributed by atoms with Crippen LogP contribution >= 0.6 is 11.6 Å². The van der Waals surface area contributed by atoms with Crippen molar-refractivity contribution in [2.24, 2.45) is 5.73 Å². The number of benzene rings is 1. The van der Waals surface area contributed by atoms with Crippen LogP contribution in [0, 0.1) is 0 Å². The number of aromatic nitrogens is 2. The molecule has 0 spiro atoms. The van der Waals surface area contributed by atoms with Crippen molar-refractivity contribution in [1.29, 1.82) is 0 Å². The van der Waals surface area contributed by atoms with E-state index in [1.54, 1.807) is 0 Å². The van der Waals surface area contributed by atoms with Crippen LogP contribution in [0.2, 0.25) is 5.02 Å². The summed E-state index contributed by atoms with van der Waals surface area (Å²) in [5.41, 5.74) is 6.56. The normalized spacial score (nSPS) is 19.6. The highest BCUT2D eigenvalue weighted by molar-refractivity contribution is 6.33. The standard InChI is InChI=1S/C14H17ClN4O/c15-12-6-2-1-5-11(12)14-17-13(20-18-14)9-19-7-3-4-10(19)8-16/h1-2,5-6,10H,3-4,7-9,16H2. The van der Waals surface area contributed by atoms with Gasteiger partial charge in [-0.05, 0) is 31.5 Å². The third-order valence-electron chi connectivity index (χ3n) is 3.69. The van der Waals surface area contributed by atoms with E-state index in [2.05, 4.69) is 15.0 Å².